The number of likely N-dealkylation sites (N-methyl/N-ethyl adjacent to an activating group) is 1. The number of hydrogen-bond donors (Lipinski definition) is 4. The average molecular weight is 969 g/mol. The van der Waals surface area contributed by atoms with Crippen LogP contribution in [0.4, 0.5) is 20.3 Å². The molecule has 9 heterocycles. The highest BCUT2D eigenvalue weighted by Gasteiger charge is 2.40. The predicted molar refractivity (Wildman–Crippen MR) is 263 cm³/mol. The number of piperidine rings is 2. The number of aromatic nitrogens is 3. The number of carbonyl (C=O) groups is 3. The van der Waals surface area contributed by atoms with Gasteiger partial charge in [0.2, 0.25) is 11.8 Å². The zero-order chi connectivity index (χ0) is 49.1. The van der Waals surface area contributed by atoms with Gasteiger partial charge in [-0.05, 0) is 106 Å². The number of aliphatic hydroxyl groups is 1. The Morgan fingerprint density at radius 2 is 1.69 bits per heavy atom. The lowest BCUT2D eigenvalue weighted by Crippen LogP contribution is -2.52. The Morgan fingerprint density at radius 3 is 2.42 bits per heavy atom. The lowest BCUT2D eigenvalue weighted by molar-refractivity contribution is -0.136. The van der Waals surface area contributed by atoms with Gasteiger partial charge in [0.1, 0.15) is 41.2 Å². The number of amides is 3. The maximum Gasteiger partial charge on any atom is 0.319 e. The molecular formula is C53H58F2N10O6. The van der Waals surface area contributed by atoms with Gasteiger partial charge in [-0.15, -0.1) is 6.42 Å². The number of hydrogen-bond acceptors (Lipinski definition) is 14. The largest absolute Gasteiger partial charge is 0.508 e. The van der Waals surface area contributed by atoms with Crippen LogP contribution in [0.25, 0.3) is 32.9 Å². The molecule has 6 fully saturated rings. The molecule has 4 unspecified atom stereocenters. The molecule has 6 saturated heterocycles. The van der Waals surface area contributed by atoms with Crippen molar-refractivity contribution in [1.82, 2.24) is 40.3 Å². The standard InChI is InChI=1S/C31H30F2N6O2.C22H28N4O4/c1-3-22-25(32)9-6-17-11-21(40)12-23(26(17)22)28-27(33)29-24(13-34-28)30(39-14-18-7-8-19(15-39)35-18)37-31(36-29)41-16-20-5-4-10-38(20)2;27-17-5-7-24(8-6-17)10-14-11-25(12-14)16-1-2-18-15(9-16)13-26(22(18)30)19-3-4-20(28)23-21(19)29/h1,6,9,11-13,18-20,35,40H,4-5,7-8,10,14-16H2,2H3;1-2,9,14,17,19,27H,3-8,10-13H2,(H,23,28,29). The highest BCUT2D eigenvalue weighted by molar-refractivity contribution is 6.06. The van der Waals surface area contributed by atoms with Crippen LogP contribution >= 0.6 is 0 Å². The van der Waals surface area contributed by atoms with E-state index in [1.165, 1.54) is 24.3 Å². The van der Waals surface area contributed by atoms with E-state index in [2.05, 4.69) is 59.2 Å². The van der Waals surface area contributed by atoms with Gasteiger partial charge >= 0.3 is 6.01 Å². The number of benzene rings is 3. The third kappa shape index (κ3) is 9.20. The van der Waals surface area contributed by atoms with Crippen molar-refractivity contribution >= 4 is 50.9 Å². The Bertz CT molecular complexity index is 2960. The zero-order valence-electron chi connectivity index (χ0n) is 39.7. The molecule has 3 amide bonds. The van der Waals surface area contributed by atoms with Gasteiger partial charge < -0.3 is 44.8 Å². The summed E-state index contributed by atoms with van der Waals surface area (Å²) in [7, 11) is 2.06. The molecule has 4 atom stereocenters. The normalized spacial score (nSPS) is 24.0. The van der Waals surface area contributed by atoms with Crippen LogP contribution in [-0.2, 0) is 16.1 Å². The van der Waals surface area contributed by atoms with Gasteiger partial charge in [0.25, 0.3) is 5.91 Å². The number of ether oxygens (including phenoxy) is 1. The summed E-state index contributed by atoms with van der Waals surface area (Å²) in [5.41, 5.74) is 2.85. The average Bonchev–Trinajstić information content (AvgIpc) is 4.03. The summed E-state index contributed by atoms with van der Waals surface area (Å²) in [6.45, 7) is 8.34. The second-order valence-corrected chi connectivity index (χ2v) is 20.3. The first-order valence-corrected chi connectivity index (χ1v) is 24.9. The molecule has 71 heavy (non-hydrogen) atoms. The van der Waals surface area contributed by atoms with E-state index in [-0.39, 0.29) is 70.4 Å². The molecule has 5 aromatic rings. The van der Waals surface area contributed by atoms with E-state index in [9.17, 15) is 29.0 Å². The van der Waals surface area contributed by atoms with Crippen LogP contribution in [-0.4, -0.2) is 154 Å². The number of terminal acetylenes is 1. The van der Waals surface area contributed by atoms with Crippen molar-refractivity contribution in [1.29, 1.82) is 0 Å². The van der Waals surface area contributed by atoms with Gasteiger partial charge in [0.15, 0.2) is 5.82 Å². The number of nitrogens with one attached hydrogen (secondary N) is 2. The molecule has 4 N–H and O–H groups in total. The van der Waals surface area contributed by atoms with Crippen LogP contribution in [0, 0.1) is 29.9 Å². The summed E-state index contributed by atoms with van der Waals surface area (Å²) in [4.78, 5) is 61.0. The number of nitrogens with zero attached hydrogens (tertiary/aromatic N) is 8. The van der Waals surface area contributed by atoms with Crippen molar-refractivity contribution in [3.05, 3.63) is 77.0 Å². The molecule has 0 saturated carbocycles. The molecule has 7 aliphatic rings. The number of carbonyl (C=O) groups excluding carboxylic acids is 3. The molecule has 2 bridgehead atoms. The minimum atomic E-state index is -0.716. The summed E-state index contributed by atoms with van der Waals surface area (Å²) < 4.78 is 37.4. The highest BCUT2D eigenvalue weighted by Crippen LogP contribution is 2.40. The first kappa shape index (κ1) is 46.8. The summed E-state index contributed by atoms with van der Waals surface area (Å²) in [6, 6.07) is 11.9. The fourth-order valence-corrected chi connectivity index (χ4v) is 11.7. The molecule has 370 valence electrons. The Balaban J connectivity index is 0.000000162. The lowest BCUT2D eigenvalue weighted by Gasteiger charge is -2.44. The van der Waals surface area contributed by atoms with E-state index < -0.39 is 17.7 Å². The molecule has 2 aromatic heterocycles. The molecule has 7 aliphatic heterocycles. The number of phenols is 1. The number of aromatic hydroxyl groups is 1. The fourth-order valence-electron chi connectivity index (χ4n) is 11.7. The number of anilines is 2. The SMILES string of the molecule is C#Cc1c(F)ccc2cc(O)cc(-c3ncc4c(N5CC6CCC(C5)N6)nc(OCC5CCCN5C)nc4c3F)c12.O=C1CCC(N2Cc3cc(N4CC(CN5CCC(O)CC5)C4)ccc3C2=O)C(=O)N1. The molecule has 0 aliphatic carbocycles. The van der Waals surface area contributed by atoms with Crippen molar-refractivity contribution in [3.63, 3.8) is 0 Å². The van der Waals surface area contributed by atoms with Gasteiger partial charge in [-0.2, -0.15) is 9.97 Å². The number of halogens is 2. The van der Waals surface area contributed by atoms with Crippen molar-refractivity contribution in [3.8, 4) is 35.4 Å². The molecule has 18 heteroatoms. The van der Waals surface area contributed by atoms with Crippen molar-refractivity contribution in [2.45, 2.75) is 88.2 Å². The summed E-state index contributed by atoms with van der Waals surface area (Å²) >= 11 is 0. The topological polar surface area (TPSA) is 180 Å². The van der Waals surface area contributed by atoms with Gasteiger partial charge in [0.05, 0.1) is 17.1 Å². The van der Waals surface area contributed by atoms with E-state index in [4.69, 9.17) is 16.1 Å². The Kier molecular flexibility index (Phi) is 12.7. The minimum absolute atomic E-state index is 0.0248. The first-order chi connectivity index (χ1) is 34.4. The Labute approximate surface area is 410 Å². The number of piperazine rings is 1. The quantitative estimate of drug-likeness (QED) is 0.119. The van der Waals surface area contributed by atoms with Crippen LogP contribution < -0.4 is 25.2 Å². The van der Waals surface area contributed by atoms with E-state index in [1.807, 2.05) is 12.1 Å². The van der Waals surface area contributed by atoms with E-state index in [0.717, 1.165) is 102 Å². The minimum Gasteiger partial charge on any atom is -0.508 e. The predicted octanol–water partition coefficient (Wildman–Crippen LogP) is 4.56. The summed E-state index contributed by atoms with van der Waals surface area (Å²) in [5.74, 6) is 1.38. The van der Waals surface area contributed by atoms with E-state index in [1.54, 1.807) is 11.1 Å². The van der Waals surface area contributed by atoms with Crippen molar-refractivity contribution in [2.75, 3.05) is 75.8 Å². The number of aliphatic hydroxyl groups excluding tert-OH is 1. The Morgan fingerprint density at radius 1 is 0.901 bits per heavy atom. The van der Waals surface area contributed by atoms with Crippen LogP contribution in [0.2, 0.25) is 0 Å². The number of pyridine rings is 1. The molecular weight excluding hydrogens is 911 g/mol. The van der Waals surface area contributed by atoms with Crippen molar-refractivity contribution in [2.24, 2.45) is 5.92 Å². The van der Waals surface area contributed by atoms with Crippen LogP contribution in [0.5, 0.6) is 11.8 Å². The number of rotatable bonds is 9. The lowest BCUT2D eigenvalue weighted by atomic mass is 9.96. The second-order valence-electron chi connectivity index (χ2n) is 20.3. The second kappa shape index (κ2) is 19.2. The molecule has 3 aromatic carbocycles. The smallest absolute Gasteiger partial charge is 0.319 e. The molecule has 0 spiro atoms. The van der Waals surface area contributed by atoms with Crippen LogP contribution in [0.1, 0.15) is 72.9 Å². The summed E-state index contributed by atoms with van der Waals surface area (Å²) in [6.07, 6.45) is 13.8. The number of phenolic OH excluding ortho intramolecular Hbond substituents is 1. The van der Waals surface area contributed by atoms with Crippen molar-refractivity contribution < 1.29 is 38.1 Å². The van der Waals surface area contributed by atoms with E-state index >= 15 is 4.39 Å². The number of fused-ring (bicyclic) bond motifs is 5. The maximum absolute atomic E-state index is 16.6. The van der Waals surface area contributed by atoms with Crippen LogP contribution in [0.15, 0.2) is 48.7 Å². The van der Waals surface area contributed by atoms with Gasteiger partial charge in [-0.25, -0.2) is 8.78 Å². The van der Waals surface area contributed by atoms with Gasteiger partial charge in [0, 0.05) is 111 Å². The summed E-state index contributed by atoms with van der Waals surface area (Å²) in [5, 5.41) is 27.3. The molecule has 12 rings (SSSR count). The molecule has 16 nitrogen and oxygen atoms in total. The van der Waals surface area contributed by atoms with Gasteiger partial charge in [-0.3, -0.25) is 24.7 Å². The monoisotopic (exact) mass is 968 g/mol. The molecule has 0 radical (unpaired) electrons. The third-order valence-electron chi connectivity index (χ3n) is 15.6. The number of imide groups is 1. The highest BCUT2D eigenvalue weighted by atomic mass is 19.1. The zero-order valence-corrected chi connectivity index (χ0v) is 39.7. The third-order valence-corrected chi connectivity index (χ3v) is 15.6. The van der Waals surface area contributed by atoms with E-state index in [0.29, 0.717) is 65.1 Å². The van der Waals surface area contributed by atoms with Crippen LogP contribution in [0.3, 0.4) is 0 Å². The fraction of sp³-hybridized carbons (Fsp3) is 0.472. The maximum atomic E-state index is 16.6. The first-order valence-electron chi connectivity index (χ1n) is 24.9. The Hall–Kier alpha value is -6.52. The number of likely N-dealkylation sites (tertiary alicyclic amines) is 2. The van der Waals surface area contributed by atoms with Gasteiger partial charge in [-0.1, -0.05) is 12.0 Å².